The van der Waals surface area contributed by atoms with E-state index in [0.717, 1.165) is 13.0 Å². The minimum absolute atomic E-state index is 0.143. The second-order valence-corrected chi connectivity index (χ2v) is 5.36. The average Bonchev–Trinajstić information content (AvgIpc) is 2.97. The molecule has 0 bridgehead atoms. The fourth-order valence-electron chi connectivity index (χ4n) is 2.36. The summed E-state index contributed by atoms with van der Waals surface area (Å²) >= 11 is 6.01. The number of likely N-dealkylation sites (tertiary alicyclic amines) is 1. The van der Waals surface area contributed by atoms with Gasteiger partial charge in [-0.3, -0.25) is 4.79 Å². The largest absolute Gasteiger partial charge is 0.373 e. The Morgan fingerprint density at radius 2 is 2.20 bits per heavy atom. The van der Waals surface area contributed by atoms with Crippen LogP contribution in [0.15, 0.2) is 12.3 Å². The van der Waals surface area contributed by atoms with E-state index in [9.17, 15) is 4.79 Å². The Morgan fingerprint density at radius 3 is 2.90 bits per heavy atom. The van der Waals surface area contributed by atoms with Gasteiger partial charge in [0.1, 0.15) is 5.82 Å². The Balaban J connectivity index is 1.79. The van der Waals surface area contributed by atoms with Crippen LogP contribution >= 0.6 is 11.6 Å². The van der Waals surface area contributed by atoms with Crippen LogP contribution in [0.1, 0.15) is 29.6 Å². The standard InChI is InChI=1S/C14H21ClN4O/c1-16-13-9-11(12(15)10-18-13)14(20)17-5-4-8-19-6-2-3-7-19/h9-10H,2-8H2,1H3,(H,16,18)(H,17,20). The molecular formula is C14H21ClN4O. The van der Waals surface area contributed by atoms with E-state index in [1.165, 1.54) is 32.1 Å². The number of hydrogen-bond donors (Lipinski definition) is 2. The SMILES string of the molecule is CNc1cc(C(=O)NCCCN2CCCC2)c(Cl)cn1. The molecule has 0 aromatic carbocycles. The highest BCUT2D eigenvalue weighted by atomic mass is 35.5. The van der Waals surface area contributed by atoms with Gasteiger partial charge in [-0.05, 0) is 45.0 Å². The van der Waals surface area contributed by atoms with Gasteiger partial charge in [0.2, 0.25) is 0 Å². The molecule has 0 atom stereocenters. The zero-order valence-corrected chi connectivity index (χ0v) is 12.5. The second kappa shape index (κ2) is 7.45. The van der Waals surface area contributed by atoms with Crippen molar-refractivity contribution in [2.24, 2.45) is 0 Å². The van der Waals surface area contributed by atoms with Crippen LogP contribution in [0.4, 0.5) is 5.82 Å². The van der Waals surface area contributed by atoms with Crippen LogP contribution in [-0.2, 0) is 0 Å². The molecule has 2 rings (SSSR count). The van der Waals surface area contributed by atoms with Crippen molar-refractivity contribution in [1.29, 1.82) is 0 Å². The number of pyridine rings is 1. The lowest BCUT2D eigenvalue weighted by molar-refractivity contribution is 0.0952. The first-order chi connectivity index (χ1) is 9.70. The van der Waals surface area contributed by atoms with Crippen molar-refractivity contribution in [3.05, 3.63) is 22.8 Å². The van der Waals surface area contributed by atoms with Gasteiger partial charge in [0.05, 0.1) is 10.6 Å². The smallest absolute Gasteiger partial charge is 0.252 e. The van der Waals surface area contributed by atoms with Gasteiger partial charge in [0.15, 0.2) is 0 Å². The van der Waals surface area contributed by atoms with Crippen molar-refractivity contribution in [3.63, 3.8) is 0 Å². The van der Waals surface area contributed by atoms with Crippen LogP contribution in [0.3, 0.4) is 0 Å². The van der Waals surface area contributed by atoms with E-state index in [0.29, 0.717) is 22.9 Å². The maximum Gasteiger partial charge on any atom is 0.252 e. The number of nitrogens with zero attached hydrogens (tertiary/aromatic N) is 2. The summed E-state index contributed by atoms with van der Waals surface area (Å²) in [6.07, 6.45) is 5.05. The van der Waals surface area contributed by atoms with E-state index in [1.807, 2.05) is 0 Å². The summed E-state index contributed by atoms with van der Waals surface area (Å²) in [5.74, 6) is 0.493. The van der Waals surface area contributed by atoms with Gasteiger partial charge in [0.25, 0.3) is 5.91 Å². The minimum Gasteiger partial charge on any atom is -0.373 e. The lowest BCUT2D eigenvalue weighted by Crippen LogP contribution is -2.28. The van der Waals surface area contributed by atoms with E-state index in [4.69, 9.17) is 11.6 Å². The van der Waals surface area contributed by atoms with Gasteiger partial charge >= 0.3 is 0 Å². The summed E-state index contributed by atoms with van der Waals surface area (Å²) in [5.41, 5.74) is 0.465. The number of hydrogen-bond acceptors (Lipinski definition) is 4. The zero-order valence-electron chi connectivity index (χ0n) is 11.8. The summed E-state index contributed by atoms with van der Waals surface area (Å²) in [7, 11) is 1.76. The first kappa shape index (κ1) is 15.1. The van der Waals surface area contributed by atoms with Crippen molar-refractivity contribution < 1.29 is 4.79 Å². The van der Waals surface area contributed by atoms with Crippen LogP contribution in [0.2, 0.25) is 5.02 Å². The summed E-state index contributed by atoms with van der Waals surface area (Å²) < 4.78 is 0. The molecule has 0 unspecified atom stereocenters. The highest BCUT2D eigenvalue weighted by Crippen LogP contribution is 2.17. The van der Waals surface area contributed by atoms with Crippen molar-refractivity contribution in [2.75, 3.05) is 38.5 Å². The molecule has 6 heteroatoms. The molecule has 1 amide bonds. The molecule has 1 aliphatic heterocycles. The fourth-order valence-corrected chi connectivity index (χ4v) is 2.54. The normalized spacial score (nSPS) is 15.3. The lowest BCUT2D eigenvalue weighted by atomic mass is 10.2. The molecule has 2 heterocycles. The van der Waals surface area contributed by atoms with Gasteiger partial charge in [-0.25, -0.2) is 4.98 Å². The summed E-state index contributed by atoms with van der Waals surface area (Å²) in [4.78, 5) is 18.6. The Morgan fingerprint density at radius 1 is 1.45 bits per heavy atom. The molecule has 0 spiro atoms. The van der Waals surface area contributed by atoms with E-state index in [1.54, 1.807) is 13.1 Å². The van der Waals surface area contributed by atoms with Crippen molar-refractivity contribution in [1.82, 2.24) is 15.2 Å². The molecular weight excluding hydrogens is 276 g/mol. The molecule has 20 heavy (non-hydrogen) atoms. The molecule has 110 valence electrons. The predicted octanol–water partition coefficient (Wildman–Crippen LogP) is 1.99. The maximum absolute atomic E-state index is 12.1. The van der Waals surface area contributed by atoms with Gasteiger partial charge < -0.3 is 15.5 Å². The van der Waals surface area contributed by atoms with Gasteiger partial charge in [-0.2, -0.15) is 0 Å². The number of carbonyl (C=O) groups is 1. The number of aromatic nitrogens is 1. The van der Waals surface area contributed by atoms with E-state index in [-0.39, 0.29) is 5.91 Å². The topological polar surface area (TPSA) is 57.3 Å². The molecule has 0 saturated carbocycles. The van der Waals surface area contributed by atoms with E-state index in [2.05, 4.69) is 20.5 Å². The zero-order chi connectivity index (χ0) is 14.4. The molecule has 1 aromatic heterocycles. The lowest BCUT2D eigenvalue weighted by Gasteiger charge is -2.14. The van der Waals surface area contributed by atoms with Crippen LogP contribution < -0.4 is 10.6 Å². The third kappa shape index (κ3) is 4.08. The highest BCUT2D eigenvalue weighted by Gasteiger charge is 2.13. The Hall–Kier alpha value is -1.33. The average molecular weight is 297 g/mol. The first-order valence-electron chi connectivity index (χ1n) is 7.04. The number of halogens is 1. The van der Waals surface area contributed by atoms with E-state index >= 15 is 0 Å². The van der Waals surface area contributed by atoms with Crippen LogP contribution in [0, 0.1) is 0 Å². The molecule has 0 radical (unpaired) electrons. The number of carbonyl (C=O) groups excluding carboxylic acids is 1. The predicted molar refractivity (Wildman–Crippen MR) is 81.4 cm³/mol. The second-order valence-electron chi connectivity index (χ2n) is 4.96. The third-order valence-electron chi connectivity index (χ3n) is 3.49. The summed E-state index contributed by atoms with van der Waals surface area (Å²) in [5, 5.41) is 6.18. The van der Waals surface area contributed by atoms with Crippen molar-refractivity contribution in [3.8, 4) is 0 Å². The number of amides is 1. The molecule has 0 aliphatic carbocycles. The van der Waals surface area contributed by atoms with Crippen molar-refractivity contribution >= 4 is 23.3 Å². The third-order valence-corrected chi connectivity index (χ3v) is 3.79. The molecule has 2 N–H and O–H groups in total. The first-order valence-corrected chi connectivity index (χ1v) is 7.42. The maximum atomic E-state index is 12.1. The Bertz CT molecular complexity index is 460. The molecule has 5 nitrogen and oxygen atoms in total. The quantitative estimate of drug-likeness (QED) is 0.788. The Kier molecular flexibility index (Phi) is 5.61. The molecule has 1 fully saturated rings. The van der Waals surface area contributed by atoms with Gasteiger partial charge in [-0.15, -0.1) is 0 Å². The van der Waals surface area contributed by atoms with E-state index < -0.39 is 0 Å². The molecule has 1 saturated heterocycles. The summed E-state index contributed by atoms with van der Waals surface area (Å²) in [6, 6.07) is 1.66. The highest BCUT2D eigenvalue weighted by molar-refractivity contribution is 6.33. The minimum atomic E-state index is -0.143. The van der Waals surface area contributed by atoms with Crippen LogP contribution in [0.25, 0.3) is 0 Å². The van der Waals surface area contributed by atoms with Crippen molar-refractivity contribution in [2.45, 2.75) is 19.3 Å². The molecule has 1 aromatic rings. The van der Waals surface area contributed by atoms with Gasteiger partial charge in [-0.1, -0.05) is 11.6 Å². The number of nitrogens with one attached hydrogen (secondary N) is 2. The number of anilines is 1. The summed E-state index contributed by atoms with van der Waals surface area (Å²) in [6.45, 7) is 4.10. The monoisotopic (exact) mass is 296 g/mol. The fraction of sp³-hybridized carbons (Fsp3) is 0.571. The Labute approximate surface area is 124 Å². The molecule has 1 aliphatic rings. The number of rotatable bonds is 6. The van der Waals surface area contributed by atoms with Gasteiger partial charge in [0, 0.05) is 19.8 Å². The van der Waals surface area contributed by atoms with Crippen LogP contribution in [0.5, 0.6) is 0 Å². The van der Waals surface area contributed by atoms with Crippen LogP contribution in [-0.4, -0.2) is 49.0 Å².